The number of unbranched alkanes of at least 4 members (excludes halogenated alkanes) is 7. The van der Waals surface area contributed by atoms with Gasteiger partial charge in [0.25, 0.3) is 0 Å². The third kappa shape index (κ3) is 14.0. The first kappa shape index (κ1) is 16.0. The van der Waals surface area contributed by atoms with Crippen LogP contribution in [0.2, 0.25) is 0 Å². The van der Waals surface area contributed by atoms with E-state index in [1.807, 2.05) is 0 Å². The molecule has 0 bridgehead atoms. The molecule has 0 aromatic rings. The minimum Gasteiger partial charge on any atom is -0.317 e. The Bertz CT molecular complexity index is 121. The monoisotopic (exact) mass is 227 g/mol. The predicted octanol–water partition coefficient (Wildman–Crippen LogP) is 4.76. The van der Waals surface area contributed by atoms with Crippen molar-refractivity contribution in [3.05, 3.63) is 0 Å². The van der Waals surface area contributed by atoms with Crippen molar-refractivity contribution in [2.45, 2.75) is 78.6 Å². The Labute approximate surface area is 103 Å². The van der Waals surface area contributed by atoms with Gasteiger partial charge in [-0.3, -0.25) is 0 Å². The highest BCUT2D eigenvalue weighted by Gasteiger charge is 1.95. The Morgan fingerprint density at radius 2 is 1.25 bits per heavy atom. The van der Waals surface area contributed by atoms with E-state index in [4.69, 9.17) is 0 Å². The summed E-state index contributed by atoms with van der Waals surface area (Å²) in [6.45, 7) is 9.16. The lowest BCUT2D eigenvalue weighted by atomic mass is 10.0. The molecule has 0 radical (unpaired) electrons. The summed E-state index contributed by atoms with van der Waals surface area (Å²) < 4.78 is 0. The first-order valence-corrected chi connectivity index (χ1v) is 7.48. The molecule has 0 heterocycles. The van der Waals surface area contributed by atoms with Gasteiger partial charge >= 0.3 is 0 Å². The average molecular weight is 227 g/mol. The Morgan fingerprint density at radius 3 is 1.75 bits per heavy atom. The van der Waals surface area contributed by atoms with Crippen LogP contribution in [0, 0.1) is 5.92 Å². The molecule has 0 unspecified atom stereocenters. The highest BCUT2D eigenvalue weighted by Crippen LogP contribution is 2.12. The van der Waals surface area contributed by atoms with Crippen molar-refractivity contribution in [3.8, 4) is 0 Å². The van der Waals surface area contributed by atoms with E-state index >= 15 is 0 Å². The van der Waals surface area contributed by atoms with Gasteiger partial charge in [0.15, 0.2) is 0 Å². The molecule has 0 aliphatic carbocycles. The molecule has 1 nitrogen and oxygen atoms in total. The molecule has 0 saturated heterocycles. The van der Waals surface area contributed by atoms with Gasteiger partial charge in [-0.25, -0.2) is 0 Å². The molecule has 0 amide bonds. The SMILES string of the molecule is CCNCCCCCCCCCCC(C)C. The summed E-state index contributed by atoms with van der Waals surface area (Å²) in [6.07, 6.45) is 12.9. The van der Waals surface area contributed by atoms with Gasteiger partial charge in [-0.2, -0.15) is 0 Å². The van der Waals surface area contributed by atoms with Crippen LogP contribution >= 0.6 is 0 Å². The van der Waals surface area contributed by atoms with Crippen molar-refractivity contribution in [1.82, 2.24) is 5.32 Å². The van der Waals surface area contributed by atoms with E-state index in [1.54, 1.807) is 0 Å². The molecule has 0 fully saturated rings. The van der Waals surface area contributed by atoms with Gasteiger partial charge in [-0.1, -0.05) is 72.1 Å². The van der Waals surface area contributed by atoms with Crippen LogP contribution in [0.15, 0.2) is 0 Å². The Hall–Kier alpha value is -0.0400. The van der Waals surface area contributed by atoms with Crippen molar-refractivity contribution >= 4 is 0 Å². The average Bonchev–Trinajstić information content (AvgIpc) is 2.25. The molecular weight excluding hydrogens is 194 g/mol. The van der Waals surface area contributed by atoms with Gasteiger partial charge in [-0.05, 0) is 25.4 Å². The largest absolute Gasteiger partial charge is 0.317 e. The fourth-order valence-electron chi connectivity index (χ4n) is 2.04. The van der Waals surface area contributed by atoms with Gasteiger partial charge in [0, 0.05) is 0 Å². The fourth-order valence-corrected chi connectivity index (χ4v) is 2.04. The second-order valence-corrected chi connectivity index (χ2v) is 5.36. The summed E-state index contributed by atoms with van der Waals surface area (Å²) in [4.78, 5) is 0. The minimum atomic E-state index is 0.895. The maximum absolute atomic E-state index is 3.38. The summed E-state index contributed by atoms with van der Waals surface area (Å²) in [5.74, 6) is 0.895. The van der Waals surface area contributed by atoms with E-state index in [0.717, 1.165) is 12.5 Å². The summed E-state index contributed by atoms with van der Waals surface area (Å²) in [6, 6.07) is 0. The Kier molecular flexibility index (Phi) is 13.0. The van der Waals surface area contributed by atoms with Crippen LogP contribution in [-0.4, -0.2) is 13.1 Å². The van der Waals surface area contributed by atoms with Crippen LogP contribution in [0.1, 0.15) is 78.6 Å². The van der Waals surface area contributed by atoms with Crippen molar-refractivity contribution < 1.29 is 0 Å². The maximum atomic E-state index is 3.38. The zero-order valence-electron chi connectivity index (χ0n) is 11.9. The quantitative estimate of drug-likeness (QED) is 0.474. The second kappa shape index (κ2) is 13.0. The van der Waals surface area contributed by atoms with Crippen LogP contribution in [0.3, 0.4) is 0 Å². The first-order valence-electron chi connectivity index (χ1n) is 7.48. The smallest absolute Gasteiger partial charge is 0.00490 e. The van der Waals surface area contributed by atoms with Crippen LogP contribution < -0.4 is 5.32 Å². The molecule has 0 aliphatic rings. The molecule has 0 atom stereocenters. The molecule has 0 aliphatic heterocycles. The third-order valence-corrected chi connectivity index (χ3v) is 3.14. The predicted molar refractivity (Wildman–Crippen MR) is 74.9 cm³/mol. The van der Waals surface area contributed by atoms with Crippen molar-refractivity contribution in [3.63, 3.8) is 0 Å². The molecule has 16 heavy (non-hydrogen) atoms. The van der Waals surface area contributed by atoms with Crippen LogP contribution in [-0.2, 0) is 0 Å². The number of hydrogen-bond acceptors (Lipinski definition) is 1. The first-order chi connectivity index (χ1) is 7.77. The molecule has 0 aromatic heterocycles. The van der Waals surface area contributed by atoms with Gasteiger partial charge in [-0.15, -0.1) is 0 Å². The summed E-state index contributed by atoms with van der Waals surface area (Å²) in [5.41, 5.74) is 0. The highest BCUT2D eigenvalue weighted by atomic mass is 14.8. The molecule has 0 spiro atoms. The zero-order chi connectivity index (χ0) is 12.1. The minimum absolute atomic E-state index is 0.895. The Morgan fingerprint density at radius 1 is 0.750 bits per heavy atom. The van der Waals surface area contributed by atoms with E-state index < -0.39 is 0 Å². The standard InChI is InChI=1S/C15H33N/c1-4-16-14-12-10-8-6-5-7-9-11-13-15(2)3/h15-16H,4-14H2,1-3H3. The molecule has 98 valence electrons. The van der Waals surface area contributed by atoms with Gasteiger partial charge in [0.05, 0.1) is 0 Å². The van der Waals surface area contributed by atoms with Gasteiger partial charge in [0.2, 0.25) is 0 Å². The fraction of sp³-hybridized carbons (Fsp3) is 1.00. The van der Waals surface area contributed by atoms with Crippen molar-refractivity contribution in [2.24, 2.45) is 5.92 Å². The van der Waals surface area contributed by atoms with Crippen LogP contribution in [0.25, 0.3) is 0 Å². The zero-order valence-corrected chi connectivity index (χ0v) is 11.9. The van der Waals surface area contributed by atoms with Crippen molar-refractivity contribution in [2.75, 3.05) is 13.1 Å². The topological polar surface area (TPSA) is 12.0 Å². The number of hydrogen-bond donors (Lipinski definition) is 1. The maximum Gasteiger partial charge on any atom is -0.00490 e. The van der Waals surface area contributed by atoms with Gasteiger partial charge in [0.1, 0.15) is 0 Å². The summed E-state index contributed by atoms with van der Waals surface area (Å²) in [5, 5.41) is 3.38. The lowest BCUT2D eigenvalue weighted by Gasteiger charge is -2.04. The number of nitrogens with one attached hydrogen (secondary N) is 1. The molecule has 0 rings (SSSR count). The lowest BCUT2D eigenvalue weighted by Crippen LogP contribution is -2.13. The van der Waals surface area contributed by atoms with E-state index in [-0.39, 0.29) is 0 Å². The molecule has 0 aromatic carbocycles. The van der Waals surface area contributed by atoms with Crippen LogP contribution in [0.5, 0.6) is 0 Å². The summed E-state index contributed by atoms with van der Waals surface area (Å²) in [7, 11) is 0. The Balaban J connectivity index is 2.88. The second-order valence-electron chi connectivity index (χ2n) is 5.36. The lowest BCUT2D eigenvalue weighted by molar-refractivity contribution is 0.505. The van der Waals surface area contributed by atoms with E-state index in [2.05, 4.69) is 26.1 Å². The number of rotatable bonds is 12. The molecular formula is C15H33N. The summed E-state index contributed by atoms with van der Waals surface area (Å²) >= 11 is 0. The molecule has 0 saturated carbocycles. The molecule has 1 N–H and O–H groups in total. The third-order valence-electron chi connectivity index (χ3n) is 3.14. The van der Waals surface area contributed by atoms with E-state index in [9.17, 15) is 0 Å². The van der Waals surface area contributed by atoms with Crippen LogP contribution in [0.4, 0.5) is 0 Å². The van der Waals surface area contributed by atoms with Crippen molar-refractivity contribution in [1.29, 1.82) is 0 Å². The normalized spacial score (nSPS) is 11.2. The van der Waals surface area contributed by atoms with E-state index in [0.29, 0.717) is 0 Å². The van der Waals surface area contributed by atoms with Gasteiger partial charge < -0.3 is 5.32 Å². The highest BCUT2D eigenvalue weighted by molar-refractivity contribution is 4.50. The van der Waals surface area contributed by atoms with E-state index in [1.165, 1.54) is 64.3 Å². The molecule has 1 heteroatoms.